The molecule has 26 heavy (non-hydrogen) atoms. The maximum Gasteiger partial charge on any atom is 0.161 e. The molecule has 7 unspecified atom stereocenters. The Morgan fingerprint density at radius 3 is 2.73 bits per heavy atom. The summed E-state index contributed by atoms with van der Waals surface area (Å²) in [6.45, 7) is 1.22. The zero-order valence-corrected chi connectivity index (χ0v) is 18.0. The van der Waals surface area contributed by atoms with Crippen molar-refractivity contribution in [2.24, 2.45) is 34.8 Å². The molecule has 0 saturated heterocycles. The van der Waals surface area contributed by atoms with Gasteiger partial charge in [0.2, 0.25) is 0 Å². The topological polar surface area (TPSA) is 75.7 Å². The van der Waals surface area contributed by atoms with Crippen LogP contribution < -0.4 is 5.73 Å². The molecular weight excluding hydrogens is 462 g/mol. The number of benzene rings is 1. The van der Waals surface area contributed by atoms with Crippen LogP contribution in [0.4, 0.5) is 0 Å². The van der Waals surface area contributed by atoms with Gasteiger partial charge in [0, 0.05) is 22.2 Å². The van der Waals surface area contributed by atoms with Crippen molar-refractivity contribution in [2.45, 2.75) is 49.6 Å². The molecule has 6 rings (SSSR count). The van der Waals surface area contributed by atoms with Gasteiger partial charge in [-0.05, 0) is 67.5 Å². The molecule has 1 aromatic carbocycles. The zero-order chi connectivity index (χ0) is 17.3. The summed E-state index contributed by atoms with van der Waals surface area (Å²) in [6, 6.07) is 3.42. The van der Waals surface area contributed by atoms with Crippen LogP contribution in [0.1, 0.15) is 36.8 Å². The average Bonchev–Trinajstić information content (AvgIpc) is 2.62. The first-order chi connectivity index (χ1) is 12.0. The van der Waals surface area contributed by atoms with Gasteiger partial charge in [0.1, 0.15) is 0 Å². The second-order valence-electron chi connectivity index (χ2n) is 8.79. The van der Waals surface area contributed by atoms with Crippen LogP contribution in [-0.4, -0.2) is 27.7 Å². The van der Waals surface area contributed by atoms with Crippen molar-refractivity contribution in [3.63, 3.8) is 0 Å². The molecule has 4 bridgehead atoms. The Labute approximate surface area is 173 Å². The van der Waals surface area contributed by atoms with Crippen LogP contribution in [0, 0.1) is 29.1 Å². The van der Waals surface area contributed by atoms with Gasteiger partial charge in [0.15, 0.2) is 11.5 Å². The van der Waals surface area contributed by atoms with E-state index >= 15 is 0 Å². The van der Waals surface area contributed by atoms with Crippen LogP contribution >= 0.6 is 32.9 Å². The number of aromatic hydroxyl groups is 2. The van der Waals surface area contributed by atoms with Gasteiger partial charge in [-0.25, -0.2) is 0 Å². The minimum absolute atomic E-state index is 0. The molecule has 0 spiro atoms. The van der Waals surface area contributed by atoms with E-state index in [1.165, 1.54) is 25.7 Å². The van der Waals surface area contributed by atoms with Crippen molar-refractivity contribution in [1.82, 2.24) is 0 Å². The zero-order valence-electron chi connectivity index (χ0n) is 14.7. The summed E-state index contributed by atoms with van der Waals surface area (Å²) in [4.78, 5) is 0.477. The molecule has 1 heterocycles. The highest BCUT2D eigenvalue weighted by Crippen LogP contribution is 2.66. The van der Waals surface area contributed by atoms with E-state index in [0.29, 0.717) is 36.2 Å². The largest absolute Gasteiger partial charge is 0.504 e. The number of fused-ring (bicyclic) bond motifs is 1. The molecule has 144 valence electrons. The highest BCUT2D eigenvalue weighted by Gasteiger charge is 2.63. The van der Waals surface area contributed by atoms with Crippen LogP contribution in [0.2, 0.25) is 0 Å². The maximum atomic E-state index is 10.3. The lowest BCUT2D eigenvalue weighted by Crippen LogP contribution is -2.65. The summed E-state index contributed by atoms with van der Waals surface area (Å²) in [5, 5.41) is 20.2. The summed E-state index contributed by atoms with van der Waals surface area (Å²) in [5.74, 6) is 2.70. The van der Waals surface area contributed by atoms with Gasteiger partial charge >= 0.3 is 0 Å². The summed E-state index contributed by atoms with van der Waals surface area (Å²) in [7, 11) is 0. The molecule has 4 aliphatic carbocycles. The summed E-state index contributed by atoms with van der Waals surface area (Å²) >= 11 is 4.04. The van der Waals surface area contributed by atoms with E-state index in [4.69, 9.17) is 10.5 Å². The lowest BCUT2D eigenvalue weighted by Gasteiger charge is -2.65. The third-order valence-corrected chi connectivity index (χ3v) is 9.34. The van der Waals surface area contributed by atoms with Gasteiger partial charge in [0.05, 0.1) is 12.7 Å². The lowest BCUT2D eigenvalue weighted by molar-refractivity contribution is -0.160. The first-order valence-corrected chi connectivity index (χ1v) is 10.4. The minimum Gasteiger partial charge on any atom is -0.504 e. The number of hydrogen-bond donors (Lipinski definition) is 3. The fraction of sp³-hybridized carbons (Fsp3) is 0.700. The highest BCUT2D eigenvalue weighted by molar-refractivity contribution is 9.09. The van der Waals surface area contributed by atoms with Gasteiger partial charge in [-0.1, -0.05) is 22.0 Å². The van der Waals surface area contributed by atoms with Crippen LogP contribution in [0.5, 0.6) is 11.5 Å². The van der Waals surface area contributed by atoms with Crippen molar-refractivity contribution in [2.75, 3.05) is 6.54 Å². The predicted octanol–water partition coefficient (Wildman–Crippen LogP) is 3.89. The fourth-order valence-electron chi connectivity index (χ4n) is 6.86. The van der Waals surface area contributed by atoms with Crippen molar-refractivity contribution < 1.29 is 14.9 Å². The fourth-order valence-corrected chi connectivity index (χ4v) is 7.97. The molecule has 1 aliphatic heterocycles. The molecule has 6 heteroatoms. The third kappa shape index (κ3) is 2.51. The highest BCUT2D eigenvalue weighted by atomic mass is 79.9. The molecule has 4 fully saturated rings. The Kier molecular flexibility index (Phi) is 4.86. The second kappa shape index (κ2) is 6.64. The number of phenolic OH excluding ortho intramolecular Hbond substituents is 2. The summed E-state index contributed by atoms with van der Waals surface area (Å²) in [6.07, 6.45) is 5.89. The number of halogens is 2. The van der Waals surface area contributed by atoms with Gasteiger partial charge in [-0.15, -0.1) is 17.0 Å². The van der Waals surface area contributed by atoms with Crippen LogP contribution in [-0.2, 0) is 17.8 Å². The number of ether oxygens (including phenoxy) is 1. The van der Waals surface area contributed by atoms with Crippen LogP contribution in [0.25, 0.3) is 0 Å². The number of alkyl halides is 1. The van der Waals surface area contributed by atoms with E-state index in [-0.39, 0.29) is 40.0 Å². The summed E-state index contributed by atoms with van der Waals surface area (Å²) < 4.78 is 6.33. The van der Waals surface area contributed by atoms with Crippen molar-refractivity contribution in [1.29, 1.82) is 0 Å². The van der Waals surface area contributed by atoms with Crippen LogP contribution in [0.15, 0.2) is 12.1 Å². The molecule has 1 aromatic rings. The number of phenols is 2. The van der Waals surface area contributed by atoms with Crippen molar-refractivity contribution in [3.8, 4) is 11.5 Å². The van der Waals surface area contributed by atoms with Gasteiger partial charge in [-0.2, -0.15) is 0 Å². The molecule has 4 saturated carbocycles. The quantitative estimate of drug-likeness (QED) is 0.436. The molecule has 0 aromatic heterocycles. The monoisotopic (exact) mass is 487 g/mol. The minimum atomic E-state index is -0.0311. The number of rotatable bonds is 2. The number of nitrogens with two attached hydrogens (primary N) is 1. The van der Waals surface area contributed by atoms with Gasteiger partial charge in [0.25, 0.3) is 0 Å². The van der Waals surface area contributed by atoms with Gasteiger partial charge in [-0.3, -0.25) is 0 Å². The normalized spacial score (nSPS) is 43.0. The van der Waals surface area contributed by atoms with E-state index in [2.05, 4.69) is 15.9 Å². The average molecular weight is 489 g/mol. The third-order valence-electron chi connectivity index (χ3n) is 7.68. The second-order valence-corrected chi connectivity index (χ2v) is 9.77. The van der Waals surface area contributed by atoms with Crippen molar-refractivity contribution in [3.05, 3.63) is 23.3 Å². The van der Waals surface area contributed by atoms with Crippen molar-refractivity contribution >= 4 is 32.9 Å². The Balaban J connectivity index is 0.00000168. The predicted molar refractivity (Wildman–Crippen MR) is 109 cm³/mol. The molecule has 0 amide bonds. The smallest absolute Gasteiger partial charge is 0.161 e. The standard InChI is InChI=1S/C20H26BrNO3.BrH/c21-19-13-4-10-3-12(5-13)17(20(19,7-10)9-22)16-6-14-11(8-25-16)1-2-15(23)18(14)24;/h1-2,10,12-13,16-17,19,23-24H,3-9,22H2;1H. The Morgan fingerprint density at radius 2 is 1.96 bits per heavy atom. The lowest BCUT2D eigenvalue weighted by atomic mass is 9.43. The SMILES string of the molecule is Br.NCC12CC3CC(CC(C3)C1C1Cc3c(ccc(O)c3O)CO1)C2Br. The Bertz CT molecular complexity index is 715. The first-order valence-electron chi connectivity index (χ1n) is 9.52. The molecule has 4 N–H and O–H groups in total. The van der Waals surface area contributed by atoms with Gasteiger partial charge < -0.3 is 20.7 Å². The van der Waals surface area contributed by atoms with E-state index in [0.717, 1.165) is 23.0 Å². The molecule has 7 atom stereocenters. The van der Waals surface area contributed by atoms with E-state index in [9.17, 15) is 10.2 Å². The Morgan fingerprint density at radius 1 is 1.19 bits per heavy atom. The molecular formula is C20H27Br2NO3. The van der Waals surface area contributed by atoms with E-state index in [1.54, 1.807) is 6.07 Å². The summed E-state index contributed by atoms with van der Waals surface area (Å²) in [5.41, 5.74) is 8.36. The van der Waals surface area contributed by atoms with E-state index in [1.807, 2.05) is 6.07 Å². The van der Waals surface area contributed by atoms with E-state index < -0.39 is 0 Å². The molecule has 4 nitrogen and oxygen atoms in total. The number of hydrogen-bond acceptors (Lipinski definition) is 4. The van der Waals surface area contributed by atoms with Crippen LogP contribution in [0.3, 0.4) is 0 Å². The molecule has 5 aliphatic rings. The Hall–Kier alpha value is -0.300. The first kappa shape index (κ1) is 19.0. The molecule has 0 radical (unpaired) electrons. The maximum absolute atomic E-state index is 10.3.